The molecule has 0 unspecified atom stereocenters. The van der Waals surface area contributed by atoms with Gasteiger partial charge < -0.3 is 15.4 Å². The molecule has 0 radical (unpaired) electrons. The number of amides is 2. The second kappa shape index (κ2) is 10.4. The van der Waals surface area contributed by atoms with E-state index in [2.05, 4.69) is 42.7 Å². The number of benzene rings is 2. The summed E-state index contributed by atoms with van der Waals surface area (Å²) >= 11 is 0. The summed E-state index contributed by atoms with van der Waals surface area (Å²) in [5, 5.41) is 5.68. The van der Waals surface area contributed by atoms with Gasteiger partial charge in [-0.2, -0.15) is 0 Å². The first-order valence-electron chi connectivity index (χ1n) is 8.93. The molecule has 0 bridgehead atoms. The average Bonchev–Trinajstić information content (AvgIpc) is 2.63. The fourth-order valence-corrected chi connectivity index (χ4v) is 2.50. The number of rotatable bonds is 9. The lowest BCUT2D eigenvalue weighted by molar-refractivity contribution is 0.236. The van der Waals surface area contributed by atoms with Gasteiger partial charge in [-0.25, -0.2) is 4.79 Å². The molecule has 0 aliphatic rings. The maximum atomic E-state index is 11.7. The van der Waals surface area contributed by atoms with Crippen LogP contribution in [-0.4, -0.2) is 25.7 Å². The topological polar surface area (TPSA) is 50.4 Å². The fourth-order valence-electron chi connectivity index (χ4n) is 2.50. The summed E-state index contributed by atoms with van der Waals surface area (Å²) in [6, 6.07) is 18.2. The van der Waals surface area contributed by atoms with Gasteiger partial charge in [0.1, 0.15) is 12.4 Å². The van der Waals surface area contributed by atoms with Gasteiger partial charge in [0.25, 0.3) is 0 Å². The minimum Gasteiger partial charge on any atom is -0.492 e. The number of ether oxygens (including phenoxy) is 1. The van der Waals surface area contributed by atoms with Crippen molar-refractivity contribution < 1.29 is 9.53 Å². The lowest BCUT2D eigenvalue weighted by atomic mass is 10.0. The Balaban J connectivity index is 1.55. The molecule has 2 N–H and O–H groups in total. The number of carbonyl (C=O) groups excluding carboxylic acids is 1. The Bertz CT molecular complexity index is 641. The lowest BCUT2D eigenvalue weighted by Crippen LogP contribution is -2.38. The smallest absolute Gasteiger partial charge is 0.314 e. The van der Waals surface area contributed by atoms with Crippen LogP contribution in [0.1, 0.15) is 37.3 Å². The van der Waals surface area contributed by atoms with Crippen molar-refractivity contribution in [2.24, 2.45) is 0 Å². The van der Waals surface area contributed by atoms with Gasteiger partial charge in [0.05, 0.1) is 6.54 Å². The van der Waals surface area contributed by atoms with Gasteiger partial charge in [0.15, 0.2) is 0 Å². The minimum atomic E-state index is -0.146. The molecule has 0 saturated heterocycles. The van der Waals surface area contributed by atoms with Crippen molar-refractivity contribution in [2.45, 2.75) is 32.6 Å². The second-order valence-electron chi connectivity index (χ2n) is 6.35. The van der Waals surface area contributed by atoms with Crippen molar-refractivity contribution in [3.8, 4) is 5.75 Å². The highest BCUT2D eigenvalue weighted by Gasteiger charge is 2.02. The largest absolute Gasteiger partial charge is 0.492 e. The zero-order chi connectivity index (χ0) is 17.9. The Hall–Kier alpha value is -2.49. The van der Waals surface area contributed by atoms with Crippen LogP contribution in [0.3, 0.4) is 0 Å². The fraction of sp³-hybridized carbons (Fsp3) is 0.381. The molecular weight excluding hydrogens is 312 g/mol. The van der Waals surface area contributed by atoms with Gasteiger partial charge in [-0.3, -0.25) is 0 Å². The van der Waals surface area contributed by atoms with Crippen molar-refractivity contribution in [1.29, 1.82) is 0 Å². The van der Waals surface area contributed by atoms with E-state index in [1.165, 1.54) is 11.1 Å². The Kier molecular flexibility index (Phi) is 7.83. The number of aryl methyl sites for hydroxylation is 1. The molecule has 0 saturated carbocycles. The first-order chi connectivity index (χ1) is 12.1. The standard InChI is InChI=1S/C21H28N2O2/c1-17(2)19-11-6-12-20(16-19)25-15-14-23-21(24)22-13-7-10-18-8-4-3-5-9-18/h3-6,8-9,11-12,16-17H,7,10,13-15H2,1-2H3,(H2,22,23,24). The summed E-state index contributed by atoms with van der Waals surface area (Å²) in [5.74, 6) is 1.32. The van der Waals surface area contributed by atoms with Crippen molar-refractivity contribution in [2.75, 3.05) is 19.7 Å². The number of carbonyl (C=O) groups is 1. The van der Waals surface area contributed by atoms with Crippen molar-refractivity contribution >= 4 is 6.03 Å². The Morgan fingerprint density at radius 1 is 1.00 bits per heavy atom. The van der Waals surface area contributed by atoms with Crippen LogP contribution in [0.2, 0.25) is 0 Å². The van der Waals surface area contributed by atoms with Crippen molar-refractivity contribution in [1.82, 2.24) is 10.6 Å². The zero-order valence-corrected chi connectivity index (χ0v) is 15.1. The molecule has 2 aromatic rings. The SMILES string of the molecule is CC(C)c1cccc(OCCNC(=O)NCCCc2ccccc2)c1. The van der Waals surface area contributed by atoms with Gasteiger partial charge in [-0.05, 0) is 42.0 Å². The van der Waals surface area contributed by atoms with Crippen LogP contribution in [0.4, 0.5) is 4.79 Å². The highest BCUT2D eigenvalue weighted by atomic mass is 16.5. The molecule has 0 heterocycles. The van der Waals surface area contributed by atoms with Crippen LogP contribution in [-0.2, 0) is 6.42 Å². The van der Waals surface area contributed by atoms with Crippen LogP contribution < -0.4 is 15.4 Å². The van der Waals surface area contributed by atoms with Gasteiger partial charge in [0, 0.05) is 6.54 Å². The van der Waals surface area contributed by atoms with E-state index in [-0.39, 0.29) is 6.03 Å². The van der Waals surface area contributed by atoms with E-state index in [0.29, 0.717) is 25.6 Å². The Morgan fingerprint density at radius 2 is 1.76 bits per heavy atom. The average molecular weight is 340 g/mol. The van der Waals surface area contributed by atoms with E-state index in [0.717, 1.165) is 18.6 Å². The predicted molar refractivity (Wildman–Crippen MR) is 102 cm³/mol. The lowest BCUT2D eigenvalue weighted by Gasteiger charge is -2.11. The minimum absolute atomic E-state index is 0.146. The molecule has 0 aliphatic heterocycles. The Morgan fingerprint density at radius 3 is 2.52 bits per heavy atom. The first-order valence-corrected chi connectivity index (χ1v) is 8.93. The molecule has 134 valence electrons. The van der Waals surface area contributed by atoms with Crippen LogP contribution in [0.5, 0.6) is 5.75 Å². The van der Waals surface area contributed by atoms with Gasteiger partial charge in [0.2, 0.25) is 0 Å². The zero-order valence-electron chi connectivity index (χ0n) is 15.1. The van der Waals surface area contributed by atoms with Crippen molar-refractivity contribution in [3.05, 3.63) is 65.7 Å². The number of hydrogen-bond acceptors (Lipinski definition) is 2. The third kappa shape index (κ3) is 7.29. The normalized spacial score (nSPS) is 10.5. The van der Waals surface area contributed by atoms with Gasteiger partial charge in [-0.1, -0.05) is 56.3 Å². The van der Waals surface area contributed by atoms with Crippen LogP contribution >= 0.6 is 0 Å². The molecule has 2 aromatic carbocycles. The summed E-state index contributed by atoms with van der Waals surface area (Å²) in [5.41, 5.74) is 2.54. The quantitative estimate of drug-likeness (QED) is 0.675. The summed E-state index contributed by atoms with van der Waals surface area (Å²) in [6.07, 6.45) is 1.90. The van der Waals surface area contributed by atoms with E-state index in [4.69, 9.17) is 4.74 Å². The summed E-state index contributed by atoms with van der Waals surface area (Å²) in [4.78, 5) is 11.7. The van der Waals surface area contributed by atoms with Crippen LogP contribution in [0.15, 0.2) is 54.6 Å². The van der Waals surface area contributed by atoms with E-state index < -0.39 is 0 Å². The molecule has 0 aromatic heterocycles. The van der Waals surface area contributed by atoms with Gasteiger partial charge in [-0.15, -0.1) is 0 Å². The second-order valence-corrected chi connectivity index (χ2v) is 6.35. The summed E-state index contributed by atoms with van der Waals surface area (Å²) < 4.78 is 5.69. The third-order valence-corrected chi connectivity index (χ3v) is 3.95. The maximum absolute atomic E-state index is 11.7. The van der Waals surface area contributed by atoms with Crippen molar-refractivity contribution in [3.63, 3.8) is 0 Å². The number of nitrogens with one attached hydrogen (secondary N) is 2. The predicted octanol–water partition coefficient (Wildman–Crippen LogP) is 4.12. The highest BCUT2D eigenvalue weighted by molar-refractivity contribution is 5.73. The molecular formula is C21H28N2O2. The maximum Gasteiger partial charge on any atom is 0.314 e. The molecule has 4 nitrogen and oxygen atoms in total. The summed E-state index contributed by atoms with van der Waals surface area (Å²) in [6.45, 7) is 5.92. The van der Waals surface area contributed by atoms with E-state index in [9.17, 15) is 4.79 Å². The molecule has 25 heavy (non-hydrogen) atoms. The summed E-state index contributed by atoms with van der Waals surface area (Å²) in [7, 11) is 0. The van der Waals surface area contributed by atoms with Crippen LogP contribution in [0.25, 0.3) is 0 Å². The molecule has 2 amide bonds. The Labute approximate surface area is 150 Å². The molecule has 0 atom stereocenters. The number of urea groups is 1. The monoisotopic (exact) mass is 340 g/mol. The van der Waals surface area contributed by atoms with E-state index >= 15 is 0 Å². The molecule has 0 aliphatic carbocycles. The van der Waals surface area contributed by atoms with E-state index in [1.54, 1.807) is 0 Å². The third-order valence-electron chi connectivity index (χ3n) is 3.95. The molecule has 0 spiro atoms. The molecule has 4 heteroatoms. The number of hydrogen-bond donors (Lipinski definition) is 2. The molecule has 0 fully saturated rings. The highest BCUT2D eigenvalue weighted by Crippen LogP contribution is 2.19. The molecule has 2 rings (SSSR count). The first kappa shape index (κ1) is 18.8. The van der Waals surface area contributed by atoms with Crippen LogP contribution in [0, 0.1) is 0 Å². The van der Waals surface area contributed by atoms with Gasteiger partial charge >= 0.3 is 6.03 Å². The van der Waals surface area contributed by atoms with E-state index in [1.807, 2.05) is 36.4 Å².